The van der Waals surface area contributed by atoms with Crippen molar-refractivity contribution in [1.29, 1.82) is 0 Å². The Morgan fingerprint density at radius 3 is 2.37 bits per heavy atom. The summed E-state index contributed by atoms with van der Waals surface area (Å²) in [4.78, 5) is 43.4. The quantitative estimate of drug-likeness (QED) is 0.235. The molecule has 1 unspecified atom stereocenters. The highest BCUT2D eigenvalue weighted by molar-refractivity contribution is 7.99. The van der Waals surface area contributed by atoms with Gasteiger partial charge in [-0.3, -0.25) is 9.59 Å². The average Bonchev–Trinajstić information content (AvgIpc) is 3.52. The SMILES string of the molecule is COc1ccc(N2CCN(C(=O)CSc3nc(Cl)cc(N4CCN(C(=O)CCC5CCCC5)C(C)C4)n3)CC2)cc1. The smallest absolute Gasteiger partial charge is 0.233 e. The first kappa shape index (κ1) is 29.8. The minimum atomic E-state index is 0.0767. The second kappa shape index (κ2) is 14.0. The summed E-state index contributed by atoms with van der Waals surface area (Å²) in [6, 6.07) is 9.90. The number of rotatable bonds is 9. The topological polar surface area (TPSA) is 82.1 Å². The normalized spacial score (nSPS) is 20.0. The highest BCUT2D eigenvalue weighted by Gasteiger charge is 2.29. The van der Waals surface area contributed by atoms with E-state index in [4.69, 9.17) is 21.3 Å². The first-order valence-electron chi connectivity index (χ1n) is 14.8. The van der Waals surface area contributed by atoms with Gasteiger partial charge in [-0.2, -0.15) is 0 Å². The van der Waals surface area contributed by atoms with Gasteiger partial charge in [0.25, 0.3) is 0 Å². The zero-order valence-electron chi connectivity index (χ0n) is 24.1. The summed E-state index contributed by atoms with van der Waals surface area (Å²) in [5.41, 5.74) is 1.13. The number of ether oxygens (including phenoxy) is 1. The summed E-state index contributed by atoms with van der Waals surface area (Å²) in [5.74, 6) is 2.92. The van der Waals surface area contributed by atoms with Crippen molar-refractivity contribution in [3.05, 3.63) is 35.5 Å². The molecule has 2 aliphatic heterocycles. The Morgan fingerprint density at radius 2 is 1.68 bits per heavy atom. The molecule has 1 atom stereocenters. The number of hydrogen-bond donors (Lipinski definition) is 0. The number of methoxy groups -OCH3 is 1. The molecule has 2 amide bonds. The first-order chi connectivity index (χ1) is 19.9. The van der Waals surface area contributed by atoms with Gasteiger partial charge in [0.2, 0.25) is 11.8 Å². The van der Waals surface area contributed by atoms with Crippen molar-refractivity contribution >= 4 is 46.7 Å². The monoisotopic (exact) mass is 600 g/mol. The number of carbonyl (C=O) groups is 2. The van der Waals surface area contributed by atoms with E-state index in [-0.39, 0.29) is 23.6 Å². The lowest BCUT2D eigenvalue weighted by Gasteiger charge is -2.40. The third-order valence-corrected chi connectivity index (χ3v) is 9.59. The van der Waals surface area contributed by atoms with E-state index in [2.05, 4.69) is 33.8 Å². The van der Waals surface area contributed by atoms with Crippen LogP contribution in [0.25, 0.3) is 0 Å². The Kier molecular flexibility index (Phi) is 10.1. The second-order valence-corrected chi connectivity index (χ2v) is 12.6. The highest BCUT2D eigenvalue weighted by atomic mass is 35.5. The average molecular weight is 601 g/mol. The predicted octanol–water partition coefficient (Wildman–Crippen LogP) is 4.59. The fourth-order valence-electron chi connectivity index (χ4n) is 6.14. The van der Waals surface area contributed by atoms with Crippen molar-refractivity contribution in [3.8, 4) is 5.75 Å². The first-order valence-corrected chi connectivity index (χ1v) is 16.1. The van der Waals surface area contributed by atoms with Crippen molar-refractivity contribution in [2.45, 2.75) is 56.6 Å². The van der Waals surface area contributed by atoms with E-state index < -0.39 is 0 Å². The lowest BCUT2D eigenvalue weighted by atomic mass is 10.0. The van der Waals surface area contributed by atoms with Crippen LogP contribution in [-0.4, -0.2) is 96.3 Å². The molecule has 0 bridgehead atoms. The number of amides is 2. The largest absolute Gasteiger partial charge is 0.497 e. The standard InChI is InChI=1S/C30H41ClN6O3S/c1-22-20-36(17-18-37(22)28(38)12-7-23-5-3-4-6-23)27-19-26(31)32-30(33-27)41-21-29(39)35-15-13-34(14-16-35)24-8-10-25(40-2)11-9-24/h8-11,19,22-23H,3-7,12-18,20-21H2,1-2H3. The maximum Gasteiger partial charge on any atom is 0.233 e. The molecule has 0 N–H and O–H groups in total. The zero-order chi connectivity index (χ0) is 28.8. The number of piperazine rings is 2. The third-order valence-electron chi connectivity index (χ3n) is 8.57. The van der Waals surface area contributed by atoms with Gasteiger partial charge >= 0.3 is 0 Å². The summed E-state index contributed by atoms with van der Waals surface area (Å²) >= 11 is 7.71. The van der Waals surface area contributed by atoms with Gasteiger partial charge < -0.3 is 24.3 Å². The van der Waals surface area contributed by atoms with Crippen LogP contribution >= 0.6 is 23.4 Å². The summed E-state index contributed by atoms with van der Waals surface area (Å²) in [5, 5.41) is 0.862. The zero-order valence-corrected chi connectivity index (χ0v) is 25.7. The van der Waals surface area contributed by atoms with Crippen LogP contribution in [0.15, 0.2) is 35.5 Å². The molecule has 0 spiro atoms. The van der Waals surface area contributed by atoms with Crippen molar-refractivity contribution in [1.82, 2.24) is 19.8 Å². The number of benzene rings is 1. The summed E-state index contributed by atoms with van der Waals surface area (Å²) in [6.45, 7) is 7.10. The van der Waals surface area contributed by atoms with Crippen LogP contribution < -0.4 is 14.5 Å². The molecule has 3 aliphatic rings. The van der Waals surface area contributed by atoms with Crippen molar-refractivity contribution < 1.29 is 14.3 Å². The molecule has 0 radical (unpaired) electrons. The van der Waals surface area contributed by atoms with Crippen LogP contribution in [0, 0.1) is 5.92 Å². The Balaban J connectivity index is 1.09. The van der Waals surface area contributed by atoms with E-state index in [0.717, 1.165) is 42.7 Å². The van der Waals surface area contributed by atoms with Crippen LogP contribution in [0.2, 0.25) is 5.15 Å². The molecule has 41 heavy (non-hydrogen) atoms. The Morgan fingerprint density at radius 1 is 0.976 bits per heavy atom. The van der Waals surface area contributed by atoms with E-state index in [1.165, 1.54) is 37.4 Å². The maximum atomic E-state index is 13.0. The van der Waals surface area contributed by atoms with Gasteiger partial charge in [-0.25, -0.2) is 9.97 Å². The van der Waals surface area contributed by atoms with Crippen molar-refractivity contribution in [2.24, 2.45) is 5.92 Å². The molecule has 9 nitrogen and oxygen atoms in total. The van der Waals surface area contributed by atoms with Crippen LogP contribution in [0.1, 0.15) is 45.4 Å². The minimum Gasteiger partial charge on any atom is -0.497 e. The molecule has 222 valence electrons. The second-order valence-electron chi connectivity index (χ2n) is 11.3. The predicted molar refractivity (Wildman–Crippen MR) is 164 cm³/mol. The van der Waals surface area contributed by atoms with Gasteiger partial charge in [-0.05, 0) is 43.5 Å². The van der Waals surface area contributed by atoms with E-state index in [0.29, 0.717) is 49.5 Å². The van der Waals surface area contributed by atoms with Crippen molar-refractivity contribution in [3.63, 3.8) is 0 Å². The van der Waals surface area contributed by atoms with Gasteiger partial charge in [0, 0.05) is 70.0 Å². The van der Waals surface area contributed by atoms with E-state index >= 15 is 0 Å². The fourth-order valence-corrected chi connectivity index (χ4v) is 7.13. The van der Waals surface area contributed by atoms with Gasteiger partial charge in [0.05, 0.1) is 12.9 Å². The van der Waals surface area contributed by atoms with Crippen LogP contribution in [0.4, 0.5) is 11.5 Å². The van der Waals surface area contributed by atoms with Crippen LogP contribution in [0.5, 0.6) is 5.75 Å². The summed E-state index contributed by atoms with van der Waals surface area (Å²) in [7, 11) is 1.66. The van der Waals surface area contributed by atoms with Crippen molar-refractivity contribution in [2.75, 3.05) is 68.5 Å². The number of carbonyl (C=O) groups excluding carboxylic acids is 2. The Bertz CT molecular complexity index is 1190. The number of thioether (sulfide) groups is 1. The molecule has 3 fully saturated rings. The molecular formula is C30H41ClN6O3S. The lowest BCUT2D eigenvalue weighted by molar-refractivity contribution is -0.134. The van der Waals surface area contributed by atoms with Crippen LogP contribution in [0.3, 0.4) is 0 Å². The minimum absolute atomic E-state index is 0.0767. The van der Waals surface area contributed by atoms with E-state index in [1.54, 1.807) is 13.2 Å². The molecule has 1 aromatic carbocycles. The molecule has 11 heteroatoms. The number of halogens is 1. The number of aromatic nitrogens is 2. The number of hydrogen-bond acceptors (Lipinski definition) is 8. The molecule has 5 rings (SSSR count). The highest BCUT2D eigenvalue weighted by Crippen LogP contribution is 2.30. The molecule has 1 aliphatic carbocycles. The van der Waals surface area contributed by atoms with Gasteiger partial charge in [-0.15, -0.1) is 0 Å². The lowest BCUT2D eigenvalue weighted by Crippen LogP contribution is -2.54. The molecule has 2 saturated heterocycles. The Labute approximate surface area is 252 Å². The number of nitrogens with zero attached hydrogens (tertiary/aromatic N) is 6. The molecule has 3 heterocycles. The maximum absolute atomic E-state index is 13.0. The molecule has 1 aromatic heterocycles. The van der Waals surface area contributed by atoms with Gasteiger partial charge in [0.15, 0.2) is 5.16 Å². The fraction of sp³-hybridized carbons (Fsp3) is 0.600. The summed E-state index contributed by atoms with van der Waals surface area (Å²) in [6.07, 6.45) is 6.85. The van der Waals surface area contributed by atoms with Gasteiger partial charge in [-0.1, -0.05) is 49.0 Å². The Hall–Kier alpha value is -2.72. The molecular weight excluding hydrogens is 560 g/mol. The van der Waals surface area contributed by atoms with Gasteiger partial charge in [0.1, 0.15) is 16.7 Å². The van der Waals surface area contributed by atoms with Crippen LogP contribution in [-0.2, 0) is 9.59 Å². The summed E-state index contributed by atoms with van der Waals surface area (Å²) < 4.78 is 5.25. The van der Waals surface area contributed by atoms with E-state index in [9.17, 15) is 9.59 Å². The van der Waals surface area contributed by atoms with E-state index in [1.807, 2.05) is 21.9 Å². The number of anilines is 2. The third kappa shape index (κ3) is 7.77. The molecule has 2 aromatic rings. The molecule has 1 saturated carbocycles.